The zero-order valence-corrected chi connectivity index (χ0v) is 14.2. The van der Waals surface area contributed by atoms with Gasteiger partial charge in [0.2, 0.25) is 17.6 Å². The summed E-state index contributed by atoms with van der Waals surface area (Å²) in [4.78, 5) is 21.5. The minimum Gasteiger partial charge on any atom is -0.378 e. The zero-order chi connectivity index (χ0) is 17.8. The third-order valence-corrected chi connectivity index (χ3v) is 4.32. The summed E-state index contributed by atoms with van der Waals surface area (Å²) in [6.07, 6.45) is 2.21. The van der Waals surface area contributed by atoms with Crippen molar-refractivity contribution in [2.75, 3.05) is 29.0 Å². The van der Waals surface area contributed by atoms with Crippen molar-refractivity contribution in [2.45, 2.75) is 26.3 Å². The third-order valence-electron chi connectivity index (χ3n) is 4.32. The number of hydrogen-bond donors (Lipinski definition) is 2. The van der Waals surface area contributed by atoms with Gasteiger partial charge in [-0.2, -0.15) is 9.97 Å². The number of nitrogens with zero attached hydrogens (tertiary/aromatic N) is 4. The zero-order valence-electron chi connectivity index (χ0n) is 14.2. The molecule has 2 heterocycles. The Labute approximate surface area is 146 Å². The molecule has 1 fully saturated rings. The lowest BCUT2D eigenvalue weighted by molar-refractivity contribution is -0.383. The van der Waals surface area contributed by atoms with Crippen LogP contribution in [-0.4, -0.2) is 28.0 Å². The average Bonchev–Trinajstić information content (AvgIpc) is 2.60. The van der Waals surface area contributed by atoms with Gasteiger partial charge in [0.1, 0.15) is 0 Å². The standard InChI is InChI=1S/C17H22N6O2/c1-12-6-5-9-22(11-12)17-20-15(18)14(23(24)25)16(21-17)19-10-13-7-3-2-4-8-13/h2-4,7-8,12H,5-6,9-11H2,1H3,(H3,18,19,20,21)/t12-/m1/s1. The number of anilines is 3. The maximum atomic E-state index is 11.4. The molecule has 3 N–H and O–H groups in total. The van der Waals surface area contributed by atoms with E-state index in [1.165, 1.54) is 0 Å². The monoisotopic (exact) mass is 342 g/mol. The van der Waals surface area contributed by atoms with Gasteiger partial charge in [-0.05, 0) is 24.3 Å². The topological polar surface area (TPSA) is 110 Å². The van der Waals surface area contributed by atoms with Crippen LogP contribution in [0.1, 0.15) is 25.3 Å². The Bertz CT molecular complexity index is 752. The molecule has 1 aromatic carbocycles. The fraction of sp³-hybridized carbons (Fsp3) is 0.412. The molecule has 8 heteroatoms. The number of piperidine rings is 1. The molecule has 0 radical (unpaired) electrons. The second-order valence-corrected chi connectivity index (χ2v) is 6.40. The van der Waals surface area contributed by atoms with Gasteiger partial charge in [0, 0.05) is 19.6 Å². The lowest BCUT2D eigenvalue weighted by Gasteiger charge is -2.31. The summed E-state index contributed by atoms with van der Waals surface area (Å²) in [5.74, 6) is 1.04. The van der Waals surface area contributed by atoms with E-state index in [0.717, 1.165) is 31.5 Å². The van der Waals surface area contributed by atoms with Crippen LogP contribution in [0.4, 0.5) is 23.3 Å². The largest absolute Gasteiger partial charge is 0.378 e. The van der Waals surface area contributed by atoms with Crippen LogP contribution in [0.2, 0.25) is 0 Å². The number of nitro groups is 1. The van der Waals surface area contributed by atoms with Crippen molar-refractivity contribution in [3.05, 3.63) is 46.0 Å². The molecular formula is C17H22N6O2. The van der Waals surface area contributed by atoms with Gasteiger partial charge < -0.3 is 16.0 Å². The maximum Gasteiger partial charge on any atom is 0.353 e. The fourth-order valence-corrected chi connectivity index (χ4v) is 3.06. The summed E-state index contributed by atoms with van der Waals surface area (Å²) in [6, 6.07) is 9.64. The van der Waals surface area contributed by atoms with Crippen molar-refractivity contribution in [1.82, 2.24) is 9.97 Å². The smallest absolute Gasteiger partial charge is 0.353 e. The summed E-state index contributed by atoms with van der Waals surface area (Å²) in [7, 11) is 0. The Morgan fingerprint density at radius 1 is 1.36 bits per heavy atom. The van der Waals surface area contributed by atoms with Crippen molar-refractivity contribution < 1.29 is 4.92 Å². The predicted molar refractivity (Wildman–Crippen MR) is 97.5 cm³/mol. The van der Waals surface area contributed by atoms with E-state index in [9.17, 15) is 10.1 Å². The summed E-state index contributed by atoms with van der Waals surface area (Å²) in [5, 5.41) is 14.4. The van der Waals surface area contributed by atoms with Gasteiger partial charge in [-0.3, -0.25) is 10.1 Å². The molecule has 0 spiro atoms. The molecule has 1 atom stereocenters. The van der Waals surface area contributed by atoms with Crippen molar-refractivity contribution in [3.63, 3.8) is 0 Å². The third kappa shape index (κ3) is 3.96. The summed E-state index contributed by atoms with van der Waals surface area (Å²) < 4.78 is 0. The molecule has 0 amide bonds. The molecule has 25 heavy (non-hydrogen) atoms. The Hall–Kier alpha value is -2.90. The van der Waals surface area contributed by atoms with Crippen LogP contribution in [0.3, 0.4) is 0 Å². The van der Waals surface area contributed by atoms with Crippen LogP contribution in [0.15, 0.2) is 30.3 Å². The number of aromatic nitrogens is 2. The van der Waals surface area contributed by atoms with E-state index in [1.54, 1.807) is 0 Å². The SMILES string of the molecule is C[C@@H]1CCCN(c2nc(N)c([N+](=O)[O-])c(NCc3ccccc3)n2)C1. The number of hydrogen-bond acceptors (Lipinski definition) is 7. The minimum atomic E-state index is -0.536. The van der Waals surface area contributed by atoms with E-state index in [-0.39, 0.29) is 17.3 Å². The Morgan fingerprint density at radius 3 is 2.80 bits per heavy atom. The molecule has 0 bridgehead atoms. The summed E-state index contributed by atoms with van der Waals surface area (Å²) in [6.45, 7) is 4.26. The van der Waals surface area contributed by atoms with E-state index in [1.807, 2.05) is 35.2 Å². The van der Waals surface area contributed by atoms with Gasteiger partial charge in [-0.25, -0.2) is 0 Å². The molecule has 0 unspecified atom stereocenters. The van der Waals surface area contributed by atoms with Crippen molar-refractivity contribution >= 4 is 23.3 Å². The highest BCUT2D eigenvalue weighted by Gasteiger charge is 2.26. The number of nitrogens with two attached hydrogens (primary N) is 1. The van der Waals surface area contributed by atoms with Gasteiger partial charge >= 0.3 is 5.69 Å². The molecule has 132 valence electrons. The number of nitrogen functional groups attached to an aromatic ring is 1. The van der Waals surface area contributed by atoms with Crippen LogP contribution in [-0.2, 0) is 6.54 Å². The quantitative estimate of drug-likeness (QED) is 0.635. The Morgan fingerprint density at radius 2 is 2.12 bits per heavy atom. The number of rotatable bonds is 5. The molecule has 0 saturated carbocycles. The van der Waals surface area contributed by atoms with Crippen LogP contribution in [0.5, 0.6) is 0 Å². The van der Waals surface area contributed by atoms with Crippen molar-refractivity contribution in [3.8, 4) is 0 Å². The lowest BCUT2D eigenvalue weighted by atomic mass is 10.0. The predicted octanol–water partition coefficient (Wildman–Crippen LogP) is 2.82. The van der Waals surface area contributed by atoms with Crippen LogP contribution in [0.25, 0.3) is 0 Å². The molecule has 1 aliphatic rings. The summed E-state index contributed by atoms with van der Waals surface area (Å²) in [5.41, 5.74) is 6.60. The van der Waals surface area contributed by atoms with E-state index in [2.05, 4.69) is 22.2 Å². The first-order valence-corrected chi connectivity index (χ1v) is 8.39. The second-order valence-electron chi connectivity index (χ2n) is 6.40. The molecule has 8 nitrogen and oxygen atoms in total. The summed E-state index contributed by atoms with van der Waals surface area (Å²) >= 11 is 0. The highest BCUT2D eigenvalue weighted by molar-refractivity contribution is 5.70. The molecule has 1 aromatic heterocycles. The Balaban J connectivity index is 1.89. The normalized spacial score (nSPS) is 17.3. The number of nitrogens with one attached hydrogen (secondary N) is 1. The molecule has 1 saturated heterocycles. The van der Waals surface area contributed by atoms with E-state index in [0.29, 0.717) is 18.4 Å². The van der Waals surface area contributed by atoms with Gasteiger partial charge in [-0.15, -0.1) is 0 Å². The van der Waals surface area contributed by atoms with E-state index in [4.69, 9.17) is 5.73 Å². The first kappa shape index (κ1) is 16.9. The van der Waals surface area contributed by atoms with E-state index < -0.39 is 4.92 Å². The molecule has 2 aromatic rings. The van der Waals surface area contributed by atoms with E-state index >= 15 is 0 Å². The van der Waals surface area contributed by atoms with Crippen LogP contribution in [0, 0.1) is 16.0 Å². The minimum absolute atomic E-state index is 0.108. The van der Waals surface area contributed by atoms with Gasteiger partial charge in [-0.1, -0.05) is 37.3 Å². The van der Waals surface area contributed by atoms with Crippen LogP contribution >= 0.6 is 0 Å². The van der Waals surface area contributed by atoms with Gasteiger partial charge in [0.25, 0.3) is 0 Å². The fourth-order valence-electron chi connectivity index (χ4n) is 3.06. The van der Waals surface area contributed by atoms with Gasteiger partial charge in [0.05, 0.1) is 4.92 Å². The number of benzene rings is 1. The highest BCUT2D eigenvalue weighted by atomic mass is 16.6. The van der Waals surface area contributed by atoms with Crippen LogP contribution < -0.4 is 16.0 Å². The lowest BCUT2D eigenvalue weighted by Crippen LogP contribution is -2.35. The highest BCUT2D eigenvalue weighted by Crippen LogP contribution is 2.31. The average molecular weight is 342 g/mol. The van der Waals surface area contributed by atoms with Gasteiger partial charge in [0.15, 0.2) is 0 Å². The van der Waals surface area contributed by atoms with Crippen molar-refractivity contribution in [2.24, 2.45) is 5.92 Å². The molecule has 3 rings (SSSR count). The first-order valence-electron chi connectivity index (χ1n) is 8.39. The maximum absolute atomic E-state index is 11.4. The molecular weight excluding hydrogens is 320 g/mol. The molecule has 0 aliphatic carbocycles. The first-order chi connectivity index (χ1) is 12.0. The molecule has 1 aliphatic heterocycles. The second kappa shape index (κ2) is 7.33. The van der Waals surface area contributed by atoms with Crippen molar-refractivity contribution in [1.29, 1.82) is 0 Å². The Kier molecular flexibility index (Phi) is 4.97.